The van der Waals surface area contributed by atoms with Gasteiger partial charge in [0.1, 0.15) is 10.7 Å². The summed E-state index contributed by atoms with van der Waals surface area (Å²) >= 11 is 27.6. The van der Waals surface area contributed by atoms with Crippen LogP contribution >= 0.6 is 58.0 Å². The van der Waals surface area contributed by atoms with E-state index >= 15 is 0 Å². The highest BCUT2D eigenvalue weighted by Gasteiger charge is 2.29. The van der Waals surface area contributed by atoms with E-state index in [1.54, 1.807) is 0 Å². The number of aromatic nitrogens is 3. The molecule has 3 nitrogen and oxygen atoms in total. The highest BCUT2D eigenvalue weighted by Crippen LogP contribution is 2.41. The van der Waals surface area contributed by atoms with E-state index < -0.39 is 3.79 Å². The number of nitrogens with zero attached hydrogens (tertiary/aromatic N) is 3. The third-order valence-electron chi connectivity index (χ3n) is 0.935. The van der Waals surface area contributed by atoms with Gasteiger partial charge in [0, 0.05) is 0 Å². The van der Waals surface area contributed by atoms with Crippen molar-refractivity contribution in [1.29, 1.82) is 0 Å². The molecule has 1 aromatic rings. The van der Waals surface area contributed by atoms with Crippen LogP contribution in [-0.2, 0) is 3.79 Å². The Morgan fingerprint density at radius 1 is 1.00 bits per heavy atom. The summed E-state index contributed by atoms with van der Waals surface area (Å²) in [6.07, 6.45) is 0. The average Bonchev–Trinajstić information content (AvgIpc) is 1.92. The Labute approximate surface area is 92.9 Å². The lowest BCUT2D eigenvalue weighted by molar-refractivity contribution is 0.820. The number of hydrogen-bond donors (Lipinski definition) is 0. The minimum Gasteiger partial charge on any atom is -0.129 e. The number of hydrogen-bond acceptors (Lipinski definition) is 3. The third kappa shape index (κ3) is 2.24. The van der Waals surface area contributed by atoms with Gasteiger partial charge in [0.15, 0.2) is 5.15 Å². The van der Waals surface area contributed by atoms with Crippen LogP contribution < -0.4 is 0 Å². The van der Waals surface area contributed by atoms with Crippen LogP contribution in [0.4, 0.5) is 0 Å². The maximum Gasteiger partial charge on any atom is 0.236 e. The molecule has 0 spiro atoms. The lowest BCUT2D eigenvalue weighted by atomic mass is 10.5. The number of halogens is 5. The van der Waals surface area contributed by atoms with Crippen molar-refractivity contribution in [3.05, 3.63) is 15.9 Å². The molecular formula is C4Cl5N3. The first-order chi connectivity index (χ1) is 5.43. The minimum atomic E-state index is -1.74. The Morgan fingerprint density at radius 3 is 2.00 bits per heavy atom. The average molecular weight is 267 g/mol. The van der Waals surface area contributed by atoms with Crippen molar-refractivity contribution in [2.24, 2.45) is 0 Å². The molecule has 0 saturated carbocycles. The SMILES string of the molecule is Clc1nnnc(C(Cl)(Cl)Cl)c1Cl. The molecule has 1 heterocycles. The van der Waals surface area contributed by atoms with Gasteiger partial charge in [-0.1, -0.05) is 58.0 Å². The van der Waals surface area contributed by atoms with Crippen LogP contribution in [0, 0.1) is 0 Å². The van der Waals surface area contributed by atoms with Gasteiger partial charge >= 0.3 is 0 Å². The smallest absolute Gasteiger partial charge is 0.129 e. The predicted octanol–water partition coefficient (Wildman–Crippen LogP) is 3.01. The van der Waals surface area contributed by atoms with Gasteiger partial charge in [-0.3, -0.25) is 0 Å². The first kappa shape index (κ1) is 10.5. The maximum absolute atomic E-state index is 5.63. The van der Waals surface area contributed by atoms with E-state index in [4.69, 9.17) is 58.0 Å². The van der Waals surface area contributed by atoms with Gasteiger partial charge in [0.05, 0.1) is 0 Å². The minimum absolute atomic E-state index is 0.00772. The molecule has 0 amide bonds. The van der Waals surface area contributed by atoms with Crippen LogP contribution in [0.25, 0.3) is 0 Å². The molecule has 12 heavy (non-hydrogen) atoms. The number of rotatable bonds is 0. The molecular weight excluding hydrogens is 267 g/mol. The third-order valence-corrected chi connectivity index (χ3v) is 2.19. The highest BCUT2D eigenvalue weighted by atomic mass is 35.6. The summed E-state index contributed by atoms with van der Waals surface area (Å²) in [6, 6.07) is 0. The van der Waals surface area contributed by atoms with Crippen molar-refractivity contribution in [3.63, 3.8) is 0 Å². The first-order valence-electron chi connectivity index (χ1n) is 2.54. The molecule has 0 aliphatic heterocycles. The molecule has 0 bridgehead atoms. The van der Waals surface area contributed by atoms with Crippen LogP contribution in [0.15, 0.2) is 0 Å². The van der Waals surface area contributed by atoms with Gasteiger partial charge in [-0.05, 0) is 5.21 Å². The summed E-state index contributed by atoms with van der Waals surface area (Å²) in [6.45, 7) is 0. The molecule has 1 rings (SSSR count). The van der Waals surface area contributed by atoms with Gasteiger partial charge in [0.25, 0.3) is 0 Å². The van der Waals surface area contributed by atoms with Gasteiger partial charge < -0.3 is 0 Å². The Bertz CT molecular complexity index is 295. The van der Waals surface area contributed by atoms with Crippen molar-refractivity contribution in [1.82, 2.24) is 15.4 Å². The van der Waals surface area contributed by atoms with E-state index in [-0.39, 0.29) is 15.9 Å². The van der Waals surface area contributed by atoms with Crippen molar-refractivity contribution in [2.75, 3.05) is 0 Å². The van der Waals surface area contributed by atoms with Crippen LogP contribution in [0.2, 0.25) is 10.2 Å². The Morgan fingerprint density at radius 2 is 1.58 bits per heavy atom. The maximum atomic E-state index is 5.63. The zero-order chi connectivity index (χ0) is 9.35. The van der Waals surface area contributed by atoms with Crippen LogP contribution in [0.5, 0.6) is 0 Å². The second-order valence-electron chi connectivity index (χ2n) is 1.74. The normalized spacial score (nSPS) is 11.8. The molecule has 0 unspecified atom stereocenters. The van der Waals surface area contributed by atoms with E-state index in [9.17, 15) is 0 Å². The van der Waals surface area contributed by atoms with E-state index in [0.717, 1.165) is 0 Å². The topological polar surface area (TPSA) is 38.7 Å². The second kappa shape index (κ2) is 3.68. The van der Waals surface area contributed by atoms with Crippen molar-refractivity contribution >= 4 is 58.0 Å². The largest absolute Gasteiger partial charge is 0.236 e. The lowest BCUT2D eigenvalue weighted by Crippen LogP contribution is -2.07. The van der Waals surface area contributed by atoms with E-state index in [0.29, 0.717) is 0 Å². The van der Waals surface area contributed by atoms with E-state index in [1.807, 2.05) is 0 Å². The highest BCUT2D eigenvalue weighted by molar-refractivity contribution is 6.67. The van der Waals surface area contributed by atoms with Crippen LogP contribution in [0.1, 0.15) is 5.69 Å². The summed E-state index contributed by atoms with van der Waals surface area (Å²) in [5.74, 6) is 0. The standard InChI is InChI=1S/C4Cl5N3/c5-1-2(4(7,8)9)10-12-11-3(1)6. The fourth-order valence-corrected chi connectivity index (χ4v) is 1.36. The lowest BCUT2D eigenvalue weighted by Gasteiger charge is -2.09. The van der Waals surface area contributed by atoms with Gasteiger partial charge in [-0.15, -0.1) is 10.2 Å². The fourth-order valence-electron chi connectivity index (χ4n) is 0.473. The zero-order valence-electron chi connectivity index (χ0n) is 5.23. The van der Waals surface area contributed by atoms with Gasteiger partial charge in [-0.25, -0.2) is 0 Å². The molecule has 0 aromatic carbocycles. The zero-order valence-corrected chi connectivity index (χ0v) is 9.01. The summed E-state index contributed by atoms with van der Waals surface area (Å²) < 4.78 is -1.74. The molecule has 1 aromatic heterocycles. The summed E-state index contributed by atoms with van der Waals surface area (Å²) in [5, 5.41) is 9.97. The molecule has 0 fully saturated rings. The molecule has 8 heteroatoms. The van der Waals surface area contributed by atoms with Crippen LogP contribution in [-0.4, -0.2) is 15.4 Å². The molecule has 66 valence electrons. The first-order valence-corrected chi connectivity index (χ1v) is 4.43. The Hall–Kier alpha value is 0.460. The summed E-state index contributed by atoms with van der Waals surface area (Å²) in [4.78, 5) is 0. The predicted molar refractivity (Wildman–Crippen MR) is 49.1 cm³/mol. The van der Waals surface area contributed by atoms with E-state index in [1.165, 1.54) is 0 Å². The fraction of sp³-hybridized carbons (Fsp3) is 0.250. The van der Waals surface area contributed by atoms with E-state index in [2.05, 4.69) is 15.4 Å². The number of alkyl halides is 3. The summed E-state index contributed by atoms with van der Waals surface area (Å²) in [5.41, 5.74) is -0.0332. The quantitative estimate of drug-likeness (QED) is 0.678. The Kier molecular flexibility index (Phi) is 3.23. The van der Waals surface area contributed by atoms with Crippen molar-refractivity contribution < 1.29 is 0 Å². The van der Waals surface area contributed by atoms with Gasteiger partial charge in [-0.2, -0.15) is 0 Å². The van der Waals surface area contributed by atoms with Crippen molar-refractivity contribution in [2.45, 2.75) is 3.79 Å². The van der Waals surface area contributed by atoms with Crippen LogP contribution in [0.3, 0.4) is 0 Å². The molecule has 0 saturated heterocycles. The van der Waals surface area contributed by atoms with Crippen molar-refractivity contribution in [3.8, 4) is 0 Å². The molecule has 0 aliphatic rings. The molecule has 0 atom stereocenters. The Balaban J connectivity index is 3.26. The molecule has 0 aliphatic carbocycles. The second-order valence-corrected chi connectivity index (χ2v) is 4.76. The van der Waals surface area contributed by atoms with Gasteiger partial charge in [0.2, 0.25) is 3.79 Å². The summed E-state index contributed by atoms with van der Waals surface area (Å²) in [7, 11) is 0. The molecule has 0 N–H and O–H groups in total. The monoisotopic (exact) mass is 265 g/mol. The molecule has 0 radical (unpaired) electrons.